The third-order valence-corrected chi connectivity index (χ3v) is 3.45. The van der Waals surface area contributed by atoms with Crippen molar-refractivity contribution in [1.29, 1.82) is 0 Å². The van der Waals surface area contributed by atoms with Gasteiger partial charge in [-0.1, -0.05) is 19.0 Å². The van der Waals surface area contributed by atoms with Crippen molar-refractivity contribution in [1.82, 2.24) is 10.1 Å². The van der Waals surface area contributed by atoms with Crippen LogP contribution in [0, 0.1) is 0 Å². The average molecular weight is 290 g/mol. The van der Waals surface area contributed by atoms with Gasteiger partial charge in [-0.3, -0.25) is 0 Å². The number of carbonyl (C=O) groups is 1. The van der Waals surface area contributed by atoms with E-state index in [2.05, 4.69) is 10.1 Å². The van der Waals surface area contributed by atoms with Crippen molar-refractivity contribution in [3.63, 3.8) is 0 Å². The SMILES string of the molecule is CCOC(=O)Oc1cc(C2CC2)nc2onc(C(C)C)c12. The molecule has 0 N–H and O–H groups in total. The van der Waals surface area contributed by atoms with Crippen LogP contribution in [0.5, 0.6) is 5.75 Å². The average Bonchev–Trinajstić information content (AvgIpc) is 3.18. The Kier molecular flexibility index (Phi) is 3.53. The van der Waals surface area contributed by atoms with Crippen LogP contribution < -0.4 is 4.74 Å². The lowest BCUT2D eigenvalue weighted by Gasteiger charge is -2.08. The van der Waals surface area contributed by atoms with Crippen molar-refractivity contribution in [2.24, 2.45) is 0 Å². The molecule has 1 saturated carbocycles. The third-order valence-electron chi connectivity index (χ3n) is 3.45. The fourth-order valence-corrected chi connectivity index (χ4v) is 2.26. The van der Waals surface area contributed by atoms with Crippen molar-refractivity contribution < 1.29 is 18.8 Å². The van der Waals surface area contributed by atoms with E-state index in [1.165, 1.54) is 0 Å². The second-order valence-corrected chi connectivity index (χ2v) is 5.51. The molecule has 2 aromatic rings. The zero-order valence-corrected chi connectivity index (χ0v) is 12.4. The quantitative estimate of drug-likeness (QED) is 0.798. The molecule has 0 unspecified atom stereocenters. The molecular weight excluding hydrogens is 272 g/mol. The standard InChI is InChI=1S/C15H18N2O4/c1-4-19-15(18)20-11-7-10(9-5-6-9)16-14-12(11)13(8(2)3)17-21-14/h7-9H,4-6H2,1-3H3. The highest BCUT2D eigenvalue weighted by atomic mass is 16.7. The number of pyridine rings is 1. The van der Waals surface area contributed by atoms with Gasteiger partial charge in [0.05, 0.1) is 18.0 Å². The Morgan fingerprint density at radius 1 is 1.48 bits per heavy atom. The summed E-state index contributed by atoms with van der Waals surface area (Å²) in [4.78, 5) is 16.1. The molecule has 6 nitrogen and oxygen atoms in total. The van der Waals surface area contributed by atoms with E-state index >= 15 is 0 Å². The Morgan fingerprint density at radius 3 is 2.86 bits per heavy atom. The molecule has 3 rings (SSSR count). The van der Waals surface area contributed by atoms with Crippen LogP contribution in [0.25, 0.3) is 11.1 Å². The Labute approximate surface area is 122 Å². The van der Waals surface area contributed by atoms with E-state index in [0.29, 0.717) is 22.8 Å². The Hall–Kier alpha value is -2.11. The monoisotopic (exact) mass is 290 g/mol. The van der Waals surface area contributed by atoms with Gasteiger partial charge < -0.3 is 14.0 Å². The molecule has 0 amide bonds. The molecule has 1 aliphatic carbocycles. The number of hydrogen-bond acceptors (Lipinski definition) is 6. The van der Waals surface area contributed by atoms with Crippen LogP contribution in [-0.4, -0.2) is 22.9 Å². The minimum atomic E-state index is -0.720. The molecular formula is C15H18N2O4. The van der Waals surface area contributed by atoms with E-state index in [4.69, 9.17) is 14.0 Å². The number of hydrogen-bond donors (Lipinski definition) is 0. The van der Waals surface area contributed by atoms with Crippen LogP contribution in [0.4, 0.5) is 4.79 Å². The second-order valence-electron chi connectivity index (χ2n) is 5.51. The van der Waals surface area contributed by atoms with Gasteiger partial charge in [-0.05, 0) is 25.7 Å². The maximum absolute atomic E-state index is 11.6. The summed E-state index contributed by atoms with van der Waals surface area (Å²) in [6.45, 7) is 6.00. The fourth-order valence-electron chi connectivity index (χ4n) is 2.26. The van der Waals surface area contributed by atoms with Gasteiger partial charge in [0.1, 0.15) is 5.39 Å². The first-order valence-electron chi connectivity index (χ1n) is 7.25. The van der Waals surface area contributed by atoms with Crippen molar-refractivity contribution in [2.75, 3.05) is 6.61 Å². The van der Waals surface area contributed by atoms with E-state index in [1.54, 1.807) is 13.0 Å². The van der Waals surface area contributed by atoms with Gasteiger partial charge in [0, 0.05) is 12.0 Å². The molecule has 112 valence electrons. The maximum atomic E-state index is 11.6. The fraction of sp³-hybridized carbons (Fsp3) is 0.533. The first-order valence-corrected chi connectivity index (χ1v) is 7.25. The summed E-state index contributed by atoms with van der Waals surface area (Å²) < 4.78 is 15.5. The van der Waals surface area contributed by atoms with Gasteiger partial charge in [-0.2, -0.15) is 0 Å². The smallest absolute Gasteiger partial charge is 0.434 e. The molecule has 0 saturated heterocycles. The lowest BCUT2D eigenvalue weighted by Crippen LogP contribution is -2.11. The van der Waals surface area contributed by atoms with Crippen LogP contribution >= 0.6 is 0 Å². The minimum absolute atomic E-state index is 0.143. The van der Waals surface area contributed by atoms with Gasteiger partial charge in [-0.25, -0.2) is 9.78 Å². The number of carbonyl (C=O) groups excluding carboxylic acids is 1. The molecule has 1 fully saturated rings. The van der Waals surface area contributed by atoms with Crippen molar-refractivity contribution in [3.05, 3.63) is 17.5 Å². The number of nitrogens with zero attached hydrogens (tertiary/aromatic N) is 2. The van der Waals surface area contributed by atoms with E-state index in [-0.39, 0.29) is 12.5 Å². The first kappa shape index (κ1) is 13.9. The minimum Gasteiger partial charge on any atom is -0.434 e. The van der Waals surface area contributed by atoms with E-state index in [9.17, 15) is 4.79 Å². The summed E-state index contributed by atoms with van der Waals surface area (Å²) in [6, 6.07) is 1.81. The molecule has 0 bridgehead atoms. The highest BCUT2D eigenvalue weighted by Gasteiger charge is 2.29. The predicted molar refractivity (Wildman–Crippen MR) is 75.5 cm³/mol. The first-order chi connectivity index (χ1) is 10.1. The number of aromatic nitrogens is 2. The molecule has 0 atom stereocenters. The summed E-state index contributed by atoms with van der Waals surface area (Å²) in [6.07, 6.45) is 1.48. The zero-order chi connectivity index (χ0) is 15.0. The van der Waals surface area contributed by atoms with Crippen molar-refractivity contribution in [2.45, 2.75) is 45.4 Å². The molecule has 0 radical (unpaired) electrons. The van der Waals surface area contributed by atoms with Crippen LogP contribution in [-0.2, 0) is 4.74 Å². The molecule has 21 heavy (non-hydrogen) atoms. The topological polar surface area (TPSA) is 74.5 Å². The summed E-state index contributed by atoms with van der Waals surface area (Å²) in [5.74, 6) is 0.987. The molecule has 2 heterocycles. The highest BCUT2D eigenvalue weighted by molar-refractivity contribution is 5.86. The van der Waals surface area contributed by atoms with Gasteiger partial charge in [-0.15, -0.1) is 0 Å². The predicted octanol–water partition coefficient (Wildman–Crippen LogP) is 3.76. The van der Waals surface area contributed by atoms with Gasteiger partial charge >= 0.3 is 6.16 Å². The Balaban J connectivity index is 2.07. The molecule has 6 heteroatoms. The summed E-state index contributed by atoms with van der Waals surface area (Å²) >= 11 is 0. The Bertz CT molecular complexity index is 674. The van der Waals surface area contributed by atoms with E-state index in [0.717, 1.165) is 24.2 Å². The van der Waals surface area contributed by atoms with Gasteiger partial charge in [0.2, 0.25) is 0 Å². The number of fused-ring (bicyclic) bond motifs is 1. The normalized spacial score (nSPS) is 14.7. The lowest BCUT2D eigenvalue weighted by molar-refractivity contribution is 0.105. The molecule has 0 spiro atoms. The van der Waals surface area contributed by atoms with Crippen LogP contribution in [0.2, 0.25) is 0 Å². The highest BCUT2D eigenvalue weighted by Crippen LogP contribution is 2.42. The summed E-state index contributed by atoms with van der Waals surface area (Å²) in [7, 11) is 0. The Morgan fingerprint density at radius 2 is 2.24 bits per heavy atom. The largest absolute Gasteiger partial charge is 0.513 e. The van der Waals surface area contributed by atoms with Crippen molar-refractivity contribution >= 4 is 17.3 Å². The second kappa shape index (κ2) is 5.35. The van der Waals surface area contributed by atoms with Crippen molar-refractivity contribution in [3.8, 4) is 5.75 Å². The number of ether oxygens (including phenoxy) is 2. The third kappa shape index (κ3) is 2.70. The molecule has 2 aromatic heterocycles. The molecule has 0 aromatic carbocycles. The van der Waals surface area contributed by atoms with Gasteiger partial charge in [0.15, 0.2) is 5.75 Å². The van der Waals surface area contributed by atoms with E-state index < -0.39 is 6.16 Å². The maximum Gasteiger partial charge on any atom is 0.513 e. The van der Waals surface area contributed by atoms with Crippen LogP contribution in [0.15, 0.2) is 10.6 Å². The van der Waals surface area contributed by atoms with E-state index in [1.807, 2.05) is 13.8 Å². The summed E-state index contributed by atoms with van der Waals surface area (Å²) in [5, 5.41) is 4.72. The van der Waals surface area contributed by atoms with Crippen LogP contribution in [0.3, 0.4) is 0 Å². The van der Waals surface area contributed by atoms with Crippen LogP contribution in [0.1, 0.15) is 56.8 Å². The molecule has 0 aliphatic heterocycles. The zero-order valence-electron chi connectivity index (χ0n) is 12.4. The van der Waals surface area contributed by atoms with Gasteiger partial charge in [0.25, 0.3) is 5.71 Å². The molecule has 1 aliphatic rings. The lowest BCUT2D eigenvalue weighted by atomic mass is 10.1. The summed E-state index contributed by atoms with van der Waals surface area (Å²) in [5.41, 5.74) is 2.04. The number of rotatable bonds is 4.